The summed E-state index contributed by atoms with van der Waals surface area (Å²) in [5.74, 6) is 0. The van der Waals surface area contributed by atoms with Crippen molar-refractivity contribution in [3.8, 4) is 11.1 Å². The summed E-state index contributed by atoms with van der Waals surface area (Å²) >= 11 is 0. The van der Waals surface area contributed by atoms with E-state index in [9.17, 15) is 0 Å². The first-order valence-electron chi connectivity index (χ1n) is 12.9. The quantitative estimate of drug-likeness (QED) is 0.450. The highest BCUT2D eigenvalue weighted by Crippen LogP contribution is 2.32. The summed E-state index contributed by atoms with van der Waals surface area (Å²) < 4.78 is 0. The fourth-order valence-electron chi connectivity index (χ4n) is 5.25. The second-order valence-electron chi connectivity index (χ2n) is 9.69. The SMILES string of the molecule is C1=CC2=CC=C(c3ccccn3)NC2C=C1C1=CC=C2C=CC(c3cccc(-c4cccnc4)c3)=CC2N1. The summed E-state index contributed by atoms with van der Waals surface area (Å²) in [4.78, 5) is 8.78. The zero-order valence-corrected chi connectivity index (χ0v) is 20.8. The van der Waals surface area contributed by atoms with Crippen LogP contribution >= 0.6 is 0 Å². The molecule has 0 amide bonds. The molecule has 7 rings (SSSR count). The van der Waals surface area contributed by atoms with E-state index in [0.29, 0.717) is 0 Å². The van der Waals surface area contributed by atoms with Crippen molar-refractivity contribution in [2.24, 2.45) is 0 Å². The van der Waals surface area contributed by atoms with Crippen LogP contribution in [-0.4, -0.2) is 22.1 Å². The van der Waals surface area contributed by atoms with E-state index < -0.39 is 0 Å². The molecule has 0 spiro atoms. The third-order valence-corrected chi connectivity index (χ3v) is 7.27. The van der Waals surface area contributed by atoms with Crippen LogP contribution < -0.4 is 10.6 Å². The third-order valence-electron chi connectivity index (χ3n) is 7.27. The molecule has 0 bridgehead atoms. The van der Waals surface area contributed by atoms with Crippen LogP contribution in [0.25, 0.3) is 22.4 Å². The summed E-state index contributed by atoms with van der Waals surface area (Å²) in [6.07, 6.45) is 27.7. The molecule has 4 heteroatoms. The number of dihydropyridines is 2. The van der Waals surface area contributed by atoms with Crippen LogP contribution in [0.5, 0.6) is 0 Å². The molecular formula is C34H26N4. The maximum Gasteiger partial charge on any atom is 0.0861 e. The molecule has 3 aromatic rings. The summed E-state index contributed by atoms with van der Waals surface area (Å²) in [5.41, 5.74) is 11.5. The van der Waals surface area contributed by atoms with Gasteiger partial charge in [-0.2, -0.15) is 0 Å². The van der Waals surface area contributed by atoms with Crippen molar-refractivity contribution in [2.45, 2.75) is 12.1 Å². The van der Waals surface area contributed by atoms with Gasteiger partial charge in [0.1, 0.15) is 0 Å². The van der Waals surface area contributed by atoms with Gasteiger partial charge in [-0.05, 0) is 75.9 Å². The second-order valence-corrected chi connectivity index (χ2v) is 9.69. The van der Waals surface area contributed by atoms with E-state index in [1.54, 1.807) is 0 Å². The fraction of sp³-hybridized carbons (Fsp3) is 0.0588. The maximum absolute atomic E-state index is 4.50. The van der Waals surface area contributed by atoms with Gasteiger partial charge in [0.05, 0.1) is 23.5 Å². The summed E-state index contributed by atoms with van der Waals surface area (Å²) in [7, 11) is 0. The molecule has 1 aromatic carbocycles. The first-order valence-corrected chi connectivity index (χ1v) is 12.9. The van der Waals surface area contributed by atoms with Crippen LogP contribution in [0.1, 0.15) is 11.3 Å². The summed E-state index contributed by atoms with van der Waals surface area (Å²) in [6, 6.07) is 19.0. The number of benzene rings is 1. The molecule has 2 N–H and O–H groups in total. The molecular weight excluding hydrogens is 464 g/mol. The minimum Gasteiger partial charge on any atom is -0.374 e. The lowest BCUT2D eigenvalue weighted by Gasteiger charge is -2.31. The zero-order chi connectivity index (χ0) is 25.3. The van der Waals surface area contributed by atoms with Gasteiger partial charge in [-0.15, -0.1) is 0 Å². The normalized spacial score (nSPS) is 21.3. The summed E-state index contributed by atoms with van der Waals surface area (Å²) in [6.45, 7) is 0. The minimum atomic E-state index is 0.109. The van der Waals surface area contributed by atoms with Crippen molar-refractivity contribution in [1.82, 2.24) is 20.6 Å². The first-order chi connectivity index (χ1) is 18.8. The number of pyridine rings is 2. The Kier molecular flexibility index (Phi) is 5.56. The predicted octanol–water partition coefficient (Wildman–Crippen LogP) is 6.31. The number of rotatable bonds is 4. The van der Waals surface area contributed by atoms with Crippen molar-refractivity contribution >= 4 is 11.3 Å². The van der Waals surface area contributed by atoms with Crippen molar-refractivity contribution in [1.29, 1.82) is 0 Å². The van der Waals surface area contributed by atoms with E-state index in [1.165, 1.54) is 33.4 Å². The van der Waals surface area contributed by atoms with Crippen LogP contribution in [0.15, 0.2) is 156 Å². The van der Waals surface area contributed by atoms with Gasteiger partial charge >= 0.3 is 0 Å². The number of allylic oxidation sites excluding steroid dienone is 7. The molecule has 182 valence electrons. The van der Waals surface area contributed by atoms with Gasteiger partial charge in [0, 0.05) is 29.9 Å². The van der Waals surface area contributed by atoms with E-state index in [4.69, 9.17) is 0 Å². The molecule has 4 aliphatic rings. The van der Waals surface area contributed by atoms with E-state index in [2.05, 4.69) is 112 Å². The molecule has 0 saturated heterocycles. The fourth-order valence-corrected chi connectivity index (χ4v) is 5.25. The number of fused-ring (bicyclic) bond motifs is 2. The molecule has 2 atom stereocenters. The zero-order valence-electron chi connectivity index (χ0n) is 20.8. The standard InChI is InChI=1S/C34H26N4/c1-2-18-36-31(8-1)32-16-14-24-10-12-28(21-34(24)38-32)30-15-13-23-9-11-27(20-33(23)37-30)25-5-3-6-26(19-25)29-7-4-17-35-22-29/h1-22,33-34,37-38H. The van der Waals surface area contributed by atoms with E-state index >= 15 is 0 Å². The Morgan fingerprint density at radius 2 is 1.32 bits per heavy atom. The van der Waals surface area contributed by atoms with Gasteiger partial charge in [0.15, 0.2) is 0 Å². The topological polar surface area (TPSA) is 49.8 Å². The van der Waals surface area contributed by atoms with Crippen molar-refractivity contribution in [3.63, 3.8) is 0 Å². The first kappa shape index (κ1) is 22.3. The summed E-state index contributed by atoms with van der Waals surface area (Å²) in [5, 5.41) is 7.42. The lowest BCUT2D eigenvalue weighted by molar-refractivity contribution is 0.749. The van der Waals surface area contributed by atoms with Crippen LogP contribution in [0.4, 0.5) is 0 Å². The monoisotopic (exact) mass is 490 g/mol. The maximum atomic E-state index is 4.50. The van der Waals surface area contributed by atoms with Gasteiger partial charge in [0.2, 0.25) is 0 Å². The number of nitrogens with one attached hydrogen (secondary N) is 2. The average Bonchev–Trinajstić information content (AvgIpc) is 3.01. The van der Waals surface area contributed by atoms with E-state index in [-0.39, 0.29) is 12.1 Å². The van der Waals surface area contributed by atoms with E-state index in [0.717, 1.165) is 22.7 Å². The van der Waals surface area contributed by atoms with Crippen molar-refractivity contribution in [2.75, 3.05) is 0 Å². The molecule has 0 saturated carbocycles. The Labute approximate surface area is 222 Å². The Morgan fingerprint density at radius 1 is 0.579 bits per heavy atom. The van der Waals surface area contributed by atoms with E-state index in [1.807, 2.05) is 42.9 Å². The Morgan fingerprint density at radius 3 is 2.11 bits per heavy atom. The number of nitrogens with zero attached hydrogens (tertiary/aromatic N) is 2. The minimum absolute atomic E-state index is 0.109. The highest BCUT2D eigenvalue weighted by atomic mass is 15.0. The third kappa shape index (κ3) is 4.27. The highest BCUT2D eigenvalue weighted by Gasteiger charge is 2.24. The molecule has 2 aliphatic heterocycles. The highest BCUT2D eigenvalue weighted by molar-refractivity contribution is 5.81. The van der Waals surface area contributed by atoms with Crippen molar-refractivity contribution < 1.29 is 0 Å². The smallest absolute Gasteiger partial charge is 0.0861 e. The van der Waals surface area contributed by atoms with Gasteiger partial charge in [-0.25, -0.2) is 0 Å². The predicted molar refractivity (Wildman–Crippen MR) is 154 cm³/mol. The largest absolute Gasteiger partial charge is 0.374 e. The number of hydrogen-bond donors (Lipinski definition) is 2. The van der Waals surface area contributed by atoms with Gasteiger partial charge in [-0.1, -0.05) is 72.9 Å². The van der Waals surface area contributed by atoms with Gasteiger partial charge in [0.25, 0.3) is 0 Å². The second kappa shape index (κ2) is 9.49. The van der Waals surface area contributed by atoms with Crippen LogP contribution in [0.2, 0.25) is 0 Å². The van der Waals surface area contributed by atoms with Gasteiger partial charge in [-0.3, -0.25) is 9.97 Å². The molecule has 2 unspecified atom stereocenters. The molecule has 0 radical (unpaired) electrons. The number of hydrogen-bond acceptors (Lipinski definition) is 4. The lowest BCUT2D eigenvalue weighted by Crippen LogP contribution is -2.35. The van der Waals surface area contributed by atoms with Crippen molar-refractivity contribution in [3.05, 3.63) is 168 Å². The molecule has 4 nitrogen and oxygen atoms in total. The Balaban J connectivity index is 1.12. The lowest BCUT2D eigenvalue weighted by atomic mass is 9.88. The Hall–Kier alpha value is -4.96. The van der Waals surface area contributed by atoms with Crippen LogP contribution in [-0.2, 0) is 0 Å². The Bertz CT molecular complexity index is 1650. The van der Waals surface area contributed by atoms with Crippen LogP contribution in [0.3, 0.4) is 0 Å². The average molecular weight is 491 g/mol. The molecule has 0 fully saturated rings. The molecule has 38 heavy (non-hydrogen) atoms. The molecule has 4 heterocycles. The molecule has 2 aliphatic carbocycles. The van der Waals surface area contributed by atoms with Crippen LogP contribution in [0, 0.1) is 0 Å². The number of aromatic nitrogens is 2. The van der Waals surface area contributed by atoms with Gasteiger partial charge < -0.3 is 10.6 Å². The molecule has 2 aromatic heterocycles.